The van der Waals surface area contributed by atoms with Crippen molar-refractivity contribution < 1.29 is 53.8 Å². The second kappa shape index (κ2) is 17.5. The lowest BCUT2D eigenvalue weighted by Gasteiger charge is -2.38. The van der Waals surface area contributed by atoms with Crippen LogP contribution in [0.1, 0.15) is 91.1 Å². The molecule has 1 saturated heterocycles. The van der Waals surface area contributed by atoms with E-state index in [2.05, 4.69) is 29.1 Å². The van der Waals surface area contributed by atoms with E-state index in [9.17, 15) is 34.8 Å². The molecule has 4 bridgehead atoms. The zero-order chi connectivity index (χ0) is 44.9. The molecule has 332 valence electrons. The number of carbonyl (C=O) groups excluding carboxylic acids is 3. The molecule has 15 heteroatoms. The van der Waals surface area contributed by atoms with Crippen molar-refractivity contribution in [3.05, 3.63) is 58.0 Å². The smallest absolute Gasteiger partial charge is 0.312 e. The van der Waals surface area contributed by atoms with E-state index in [1.807, 2.05) is 0 Å². The van der Waals surface area contributed by atoms with Gasteiger partial charge in [0.05, 0.1) is 41.2 Å². The number of allylic oxidation sites excluding steroid dienone is 2. The highest BCUT2D eigenvalue weighted by atomic mass is 16.7. The molecule has 1 fully saturated rings. The molecule has 4 heterocycles. The first-order valence-corrected chi connectivity index (χ1v) is 21.2. The van der Waals surface area contributed by atoms with Gasteiger partial charge in [-0.2, -0.15) is 0 Å². The van der Waals surface area contributed by atoms with Crippen molar-refractivity contribution >= 4 is 34.1 Å². The molecule has 0 aliphatic carbocycles. The Morgan fingerprint density at radius 3 is 2.28 bits per heavy atom. The third-order valence-electron chi connectivity index (χ3n) is 12.9. The summed E-state index contributed by atoms with van der Waals surface area (Å²) in [6, 6.07) is 0. The first-order chi connectivity index (χ1) is 28.6. The van der Waals surface area contributed by atoms with Gasteiger partial charge in [0.15, 0.2) is 5.75 Å². The van der Waals surface area contributed by atoms with Gasteiger partial charge in [0.1, 0.15) is 34.0 Å². The molecule has 1 spiro atoms. The number of carbonyl (C=O) groups is 3. The molecule has 6 rings (SSSR count). The van der Waals surface area contributed by atoms with E-state index in [4.69, 9.17) is 23.9 Å². The number of ether oxygens (including phenoxy) is 4. The van der Waals surface area contributed by atoms with Crippen LogP contribution < -0.4 is 20.8 Å². The normalized spacial score (nSPS) is 32.7. The molecule has 4 aliphatic rings. The number of piperidine rings is 1. The van der Waals surface area contributed by atoms with Crippen LogP contribution in [0.2, 0.25) is 0 Å². The van der Waals surface area contributed by atoms with Crippen molar-refractivity contribution in [2.45, 2.75) is 118 Å². The number of phenolic OH excluding ortho intramolecular Hbond substituents is 2. The molecule has 0 radical (unpaired) electrons. The molecule has 9 atom stereocenters. The van der Waals surface area contributed by atoms with E-state index in [0.717, 1.165) is 19.6 Å². The zero-order valence-corrected chi connectivity index (χ0v) is 37.1. The topological polar surface area (TPSA) is 209 Å². The molecule has 0 aromatic heterocycles. The number of phenols is 2. The van der Waals surface area contributed by atoms with Gasteiger partial charge in [-0.25, -0.2) is 4.99 Å². The maximum Gasteiger partial charge on any atom is 0.312 e. The van der Waals surface area contributed by atoms with E-state index in [1.54, 1.807) is 65.8 Å². The number of likely N-dealkylation sites (tertiary alicyclic amines) is 1. The summed E-state index contributed by atoms with van der Waals surface area (Å²) < 4.78 is 24.0. The number of nitrogens with one attached hydrogen (secondary N) is 1. The molecule has 4 aliphatic heterocycles. The number of esters is 1. The van der Waals surface area contributed by atoms with Gasteiger partial charge in [-0.1, -0.05) is 59.8 Å². The number of methoxy groups -OCH3 is 1. The Labute approximate surface area is 356 Å². The van der Waals surface area contributed by atoms with Crippen LogP contribution in [0.25, 0.3) is 10.8 Å². The lowest BCUT2D eigenvalue weighted by molar-refractivity contribution is -0.160. The summed E-state index contributed by atoms with van der Waals surface area (Å²) in [4.78, 5) is 52.9. The van der Waals surface area contributed by atoms with Crippen LogP contribution in [0.3, 0.4) is 0 Å². The minimum absolute atomic E-state index is 0.0538. The molecule has 2 aromatic rings. The third kappa shape index (κ3) is 8.54. The predicted octanol–water partition coefficient (Wildman–Crippen LogP) is 4.75. The number of nitrogens with zero attached hydrogens (tertiary/aromatic N) is 3. The van der Waals surface area contributed by atoms with E-state index >= 15 is 0 Å². The van der Waals surface area contributed by atoms with Crippen molar-refractivity contribution in [2.75, 3.05) is 32.1 Å². The van der Waals surface area contributed by atoms with E-state index in [1.165, 1.54) is 27.2 Å². The Hall–Kier alpha value is -4.83. The standard InChI is InChI=1S/C46H62N4O11/c1-22(2)21-50-18-16-46(17-19-50)48-34-31-32-39(54)28(8)42-33(31)43(56)45(10,61-42)59-20-15-30(58-11)25(5)41(60-29(9)51)27(7)38(53)26(6)37(52)23(3)13-12-14-24(4)44(57)47-36(40(32)55)35(34)49-46/h12-15,20,22-23,25-27,30,37-38,41,48,52-55H,16-19,21H2,1-11H3/b13-12-,20-15-,24-14-,47-36?/t23-,25-,26-,27-,30+,37-,38-,41+,45-/m0/s1. The molecular weight excluding hydrogens is 785 g/mol. The van der Waals surface area contributed by atoms with Crippen LogP contribution >= 0.6 is 0 Å². The largest absolute Gasteiger partial charge is 0.507 e. The summed E-state index contributed by atoms with van der Waals surface area (Å²) in [6.07, 6.45) is 5.07. The van der Waals surface area contributed by atoms with E-state index < -0.39 is 82.9 Å². The van der Waals surface area contributed by atoms with Gasteiger partial charge in [-0.3, -0.25) is 19.4 Å². The Morgan fingerprint density at radius 1 is 0.984 bits per heavy atom. The predicted molar refractivity (Wildman–Crippen MR) is 228 cm³/mol. The SMILES string of the molecule is CO[C@@H]1/C=C\O[C@@]2(C)Oc3c(C)c(O)c4c(O)c(c5c(c4c3C2=O)NC2(CCN(CC(C)C)CC2)N=5)=NC(=O)/C(C)=C\C=C/[C@H](C)[C@H](O)[C@H](C)[C@H](O)[C@H](C)[C@H](OC(C)=O)[C@H]1C. The lowest BCUT2D eigenvalue weighted by Crippen LogP contribution is -2.47. The quantitative estimate of drug-likeness (QED) is 0.208. The molecular formula is C46H62N4O11. The lowest BCUT2D eigenvalue weighted by atomic mass is 9.78. The number of Topliss-reactive ketones (excluding diaryl/α,β-unsaturated/α-hetero) is 1. The minimum atomic E-state index is -1.95. The number of hydrogen-bond acceptors (Lipinski definition) is 14. The summed E-state index contributed by atoms with van der Waals surface area (Å²) in [7, 11) is 1.47. The van der Waals surface area contributed by atoms with Crippen molar-refractivity contribution in [1.29, 1.82) is 0 Å². The second-order valence-electron chi connectivity index (χ2n) is 18.0. The van der Waals surface area contributed by atoms with E-state index in [-0.39, 0.29) is 49.7 Å². The van der Waals surface area contributed by atoms with Crippen molar-refractivity contribution in [1.82, 2.24) is 4.90 Å². The van der Waals surface area contributed by atoms with Gasteiger partial charge in [-0.15, -0.1) is 0 Å². The second-order valence-corrected chi connectivity index (χ2v) is 18.0. The van der Waals surface area contributed by atoms with Crippen LogP contribution in [0, 0.1) is 36.5 Å². The maximum absolute atomic E-state index is 14.7. The third-order valence-corrected chi connectivity index (χ3v) is 12.9. The number of ketones is 1. The highest BCUT2D eigenvalue weighted by Crippen LogP contribution is 2.51. The number of hydrogen-bond donors (Lipinski definition) is 5. The molecule has 1 amide bonds. The number of anilines is 1. The maximum atomic E-state index is 14.7. The summed E-state index contributed by atoms with van der Waals surface area (Å²) in [5.74, 6) is -6.57. The Morgan fingerprint density at radius 2 is 1.66 bits per heavy atom. The molecule has 61 heavy (non-hydrogen) atoms. The van der Waals surface area contributed by atoms with Crippen LogP contribution in [0.5, 0.6) is 17.2 Å². The highest BCUT2D eigenvalue weighted by molar-refractivity contribution is 6.21. The van der Waals surface area contributed by atoms with Gasteiger partial charge in [0, 0.05) is 93.6 Å². The van der Waals surface area contributed by atoms with Gasteiger partial charge < -0.3 is 49.6 Å². The van der Waals surface area contributed by atoms with Crippen molar-refractivity contribution in [2.24, 2.45) is 39.6 Å². The average Bonchev–Trinajstić information content (AvgIpc) is 3.71. The van der Waals surface area contributed by atoms with E-state index in [0.29, 0.717) is 24.4 Å². The van der Waals surface area contributed by atoms with Gasteiger partial charge in [0.25, 0.3) is 11.7 Å². The van der Waals surface area contributed by atoms with Gasteiger partial charge in [0.2, 0.25) is 0 Å². The fourth-order valence-corrected chi connectivity index (χ4v) is 9.24. The van der Waals surface area contributed by atoms with Crippen molar-refractivity contribution in [3.8, 4) is 17.2 Å². The summed E-state index contributed by atoms with van der Waals surface area (Å²) in [6.45, 7) is 19.6. The fourth-order valence-electron chi connectivity index (χ4n) is 9.24. The van der Waals surface area contributed by atoms with Crippen LogP contribution in [-0.4, -0.2) is 106 Å². The number of aliphatic hydroxyl groups is 2. The fraction of sp³-hybridized carbons (Fsp3) is 0.587. The van der Waals surface area contributed by atoms with Crippen molar-refractivity contribution in [3.63, 3.8) is 0 Å². The number of benzene rings is 2. The highest BCUT2D eigenvalue weighted by Gasteiger charge is 2.51. The van der Waals surface area contributed by atoms with Gasteiger partial charge >= 0.3 is 11.8 Å². The monoisotopic (exact) mass is 846 g/mol. The number of aromatic hydroxyl groups is 2. The van der Waals surface area contributed by atoms with Crippen LogP contribution in [-0.2, 0) is 23.8 Å². The molecule has 0 saturated carbocycles. The average molecular weight is 847 g/mol. The Balaban J connectivity index is 1.55. The Kier molecular flexibility index (Phi) is 13.1. The number of fused-ring (bicyclic) bond motifs is 1. The Bertz CT molecular complexity index is 2300. The zero-order valence-electron chi connectivity index (χ0n) is 37.1. The summed E-state index contributed by atoms with van der Waals surface area (Å²) >= 11 is 0. The summed E-state index contributed by atoms with van der Waals surface area (Å²) in [5.41, 5.74) is -0.111. The van der Waals surface area contributed by atoms with Crippen LogP contribution in [0.15, 0.2) is 46.1 Å². The molecule has 2 aromatic carbocycles. The van der Waals surface area contributed by atoms with Crippen LogP contribution in [0.4, 0.5) is 5.69 Å². The number of rotatable bonds is 4. The molecule has 15 nitrogen and oxygen atoms in total. The number of amides is 1. The number of aliphatic hydroxyl groups excluding tert-OH is 2. The summed E-state index contributed by atoms with van der Waals surface area (Å²) in [5, 5.41) is 50.5. The first kappa shape index (κ1) is 45.7. The minimum Gasteiger partial charge on any atom is -0.507 e. The first-order valence-electron chi connectivity index (χ1n) is 21.2. The molecule has 5 N–H and O–H groups in total. The van der Waals surface area contributed by atoms with Gasteiger partial charge in [-0.05, 0) is 25.8 Å². The molecule has 0 unspecified atom stereocenters.